The van der Waals surface area contributed by atoms with E-state index in [1.807, 2.05) is 18.7 Å². The normalized spacial score (nSPS) is 17.8. The van der Waals surface area contributed by atoms with Crippen LogP contribution in [-0.2, 0) is 13.5 Å². The number of rotatable bonds is 5. The fourth-order valence-electron chi connectivity index (χ4n) is 2.10. The third-order valence-electron chi connectivity index (χ3n) is 3.25. The highest BCUT2D eigenvalue weighted by atomic mass is 79.9. The van der Waals surface area contributed by atoms with Gasteiger partial charge in [0.05, 0.1) is 15.9 Å². The fraction of sp³-hybridized carbons (Fsp3) is 0.727. The van der Waals surface area contributed by atoms with Crippen molar-refractivity contribution >= 4 is 15.9 Å². The van der Waals surface area contributed by atoms with Crippen molar-refractivity contribution in [3.05, 3.63) is 15.9 Å². The summed E-state index contributed by atoms with van der Waals surface area (Å²) in [6.45, 7) is 2.01. The monoisotopic (exact) mass is 286 g/mol. The molecule has 3 N–H and O–H groups in total. The Morgan fingerprint density at radius 1 is 1.62 bits per heavy atom. The van der Waals surface area contributed by atoms with Crippen LogP contribution in [0.25, 0.3) is 0 Å². The first-order valence-corrected chi connectivity index (χ1v) is 6.55. The summed E-state index contributed by atoms with van der Waals surface area (Å²) in [4.78, 5) is 0. The summed E-state index contributed by atoms with van der Waals surface area (Å²) < 4.78 is 3.06. The van der Waals surface area contributed by atoms with Crippen molar-refractivity contribution in [3.63, 3.8) is 0 Å². The molecule has 2 rings (SSSR count). The molecule has 0 saturated heterocycles. The molecule has 0 aromatic carbocycles. The molecule has 0 bridgehead atoms. The Bertz CT molecular complexity index is 370. The van der Waals surface area contributed by atoms with Crippen molar-refractivity contribution in [2.45, 2.75) is 38.6 Å². The molecular formula is C11H19BrN4. The SMILES string of the molecule is Cc1nn(C)c(CC(CC2CC2)NN)c1Br. The zero-order valence-electron chi connectivity index (χ0n) is 9.83. The van der Waals surface area contributed by atoms with E-state index in [0.29, 0.717) is 6.04 Å². The maximum Gasteiger partial charge on any atom is 0.0738 e. The molecule has 1 unspecified atom stereocenters. The summed E-state index contributed by atoms with van der Waals surface area (Å²) in [6.07, 6.45) is 4.84. The van der Waals surface area contributed by atoms with E-state index in [9.17, 15) is 0 Å². The molecule has 1 aromatic rings. The molecule has 1 aliphatic rings. The summed E-state index contributed by atoms with van der Waals surface area (Å²) in [7, 11) is 1.98. The smallest absolute Gasteiger partial charge is 0.0738 e. The number of nitrogens with zero attached hydrogens (tertiary/aromatic N) is 2. The van der Waals surface area contributed by atoms with Gasteiger partial charge in [-0.1, -0.05) is 12.8 Å². The second-order valence-corrected chi connectivity index (χ2v) is 5.51. The molecule has 5 heteroatoms. The quantitative estimate of drug-likeness (QED) is 0.640. The Labute approximate surface area is 105 Å². The number of aromatic nitrogens is 2. The maximum absolute atomic E-state index is 5.61. The lowest BCUT2D eigenvalue weighted by Gasteiger charge is -2.15. The summed E-state index contributed by atoms with van der Waals surface area (Å²) >= 11 is 3.59. The Kier molecular flexibility index (Phi) is 3.66. The molecular weight excluding hydrogens is 268 g/mol. The second kappa shape index (κ2) is 4.85. The van der Waals surface area contributed by atoms with Gasteiger partial charge in [0.1, 0.15) is 0 Å². The number of halogens is 1. The molecule has 16 heavy (non-hydrogen) atoms. The lowest BCUT2D eigenvalue weighted by Crippen LogP contribution is -2.37. The van der Waals surface area contributed by atoms with Gasteiger partial charge in [0.15, 0.2) is 0 Å². The van der Waals surface area contributed by atoms with E-state index in [-0.39, 0.29) is 0 Å². The minimum atomic E-state index is 0.360. The highest BCUT2D eigenvalue weighted by Gasteiger charge is 2.26. The largest absolute Gasteiger partial charge is 0.271 e. The van der Waals surface area contributed by atoms with Crippen LogP contribution in [0.4, 0.5) is 0 Å². The predicted octanol–water partition coefficient (Wildman–Crippen LogP) is 1.67. The molecule has 1 aliphatic carbocycles. The van der Waals surface area contributed by atoms with Crippen LogP contribution in [-0.4, -0.2) is 15.8 Å². The van der Waals surface area contributed by atoms with E-state index >= 15 is 0 Å². The van der Waals surface area contributed by atoms with Gasteiger partial charge in [-0.05, 0) is 35.2 Å². The molecule has 1 aromatic heterocycles. The van der Waals surface area contributed by atoms with E-state index < -0.39 is 0 Å². The Balaban J connectivity index is 2.05. The number of hydrazine groups is 1. The number of nitrogens with two attached hydrogens (primary N) is 1. The number of nitrogens with one attached hydrogen (secondary N) is 1. The summed E-state index contributed by atoms with van der Waals surface area (Å²) in [5.41, 5.74) is 5.19. The van der Waals surface area contributed by atoms with Crippen molar-refractivity contribution in [1.29, 1.82) is 0 Å². The van der Waals surface area contributed by atoms with Gasteiger partial charge in [0, 0.05) is 19.5 Å². The van der Waals surface area contributed by atoms with Crippen LogP contribution in [0.3, 0.4) is 0 Å². The van der Waals surface area contributed by atoms with Crippen molar-refractivity contribution < 1.29 is 0 Å². The third-order valence-corrected chi connectivity index (χ3v) is 4.28. The first kappa shape index (κ1) is 12.1. The molecule has 1 heterocycles. The summed E-state index contributed by atoms with van der Waals surface area (Å²) in [6, 6.07) is 0.360. The van der Waals surface area contributed by atoms with Crippen LogP contribution in [0.15, 0.2) is 4.47 Å². The molecule has 0 amide bonds. The van der Waals surface area contributed by atoms with E-state index in [0.717, 1.165) is 22.5 Å². The molecule has 0 aliphatic heterocycles. The van der Waals surface area contributed by atoms with E-state index in [1.165, 1.54) is 25.0 Å². The topological polar surface area (TPSA) is 55.9 Å². The number of aryl methyl sites for hydroxylation is 2. The first-order valence-electron chi connectivity index (χ1n) is 5.76. The molecule has 0 spiro atoms. The van der Waals surface area contributed by atoms with Gasteiger partial charge in [-0.2, -0.15) is 5.10 Å². The summed E-state index contributed by atoms with van der Waals surface area (Å²) in [5, 5.41) is 4.39. The lowest BCUT2D eigenvalue weighted by molar-refractivity contribution is 0.454. The van der Waals surface area contributed by atoms with E-state index in [1.54, 1.807) is 0 Å². The summed E-state index contributed by atoms with van der Waals surface area (Å²) in [5.74, 6) is 6.49. The maximum atomic E-state index is 5.61. The van der Waals surface area contributed by atoms with Crippen molar-refractivity contribution in [2.24, 2.45) is 18.8 Å². The minimum absolute atomic E-state index is 0.360. The average molecular weight is 287 g/mol. The molecule has 1 fully saturated rings. The lowest BCUT2D eigenvalue weighted by atomic mass is 10.1. The van der Waals surface area contributed by atoms with Crippen molar-refractivity contribution in [1.82, 2.24) is 15.2 Å². The van der Waals surface area contributed by atoms with E-state index in [2.05, 4.69) is 26.5 Å². The Morgan fingerprint density at radius 2 is 2.31 bits per heavy atom. The van der Waals surface area contributed by atoms with Gasteiger partial charge in [0.25, 0.3) is 0 Å². The average Bonchev–Trinajstić information content (AvgIpc) is 3.02. The Hall–Kier alpha value is -0.390. The van der Waals surface area contributed by atoms with Crippen molar-refractivity contribution in [2.75, 3.05) is 0 Å². The molecule has 0 radical (unpaired) electrons. The number of hydrogen-bond donors (Lipinski definition) is 2. The van der Waals surface area contributed by atoms with Crippen LogP contribution >= 0.6 is 15.9 Å². The number of hydrogen-bond acceptors (Lipinski definition) is 3. The minimum Gasteiger partial charge on any atom is -0.271 e. The third kappa shape index (κ3) is 2.64. The standard InChI is InChI=1S/C11H19BrN4/c1-7-11(12)10(16(2)15-7)6-9(14-13)5-8-3-4-8/h8-9,14H,3-6,13H2,1-2H3. The second-order valence-electron chi connectivity index (χ2n) is 4.72. The highest BCUT2D eigenvalue weighted by Crippen LogP contribution is 2.34. The van der Waals surface area contributed by atoms with Gasteiger partial charge in [-0.25, -0.2) is 0 Å². The van der Waals surface area contributed by atoms with Gasteiger partial charge < -0.3 is 0 Å². The van der Waals surface area contributed by atoms with Gasteiger partial charge >= 0.3 is 0 Å². The van der Waals surface area contributed by atoms with Crippen LogP contribution in [0.1, 0.15) is 30.7 Å². The fourth-order valence-corrected chi connectivity index (χ4v) is 2.60. The molecule has 1 atom stereocenters. The van der Waals surface area contributed by atoms with Gasteiger partial charge in [0.2, 0.25) is 0 Å². The van der Waals surface area contributed by atoms with E-state index in [4.69, 9.17) is 5.84 Å². The predicted molar refractivity (Wildman–Crippen MR) is 67.8 cm³/mol. The Morgan fingerprint density at radius 3 is 2.75 bits per heavy atom. The van der Waals surface area contributed by atoms with Crippen LogP contribution < -0.4 is 11.3 Å². The molecule has 4 nitrogen and oxygen atoms in total. The van der Waals surface area contributed by atoms with Crippen LogP contribution in [0.5, 0.6) is 0 Å². The highest BCUT2D eigenvalue weighted by molar-refractivity contribution is 9.10. The van der Waals surface area contributed by atoms with Crippen molar-refractivity contribution in [3.8, 4) is 0 Å². The first-order chi connectivity index (χ1) is 7.61. The van der Waals surface area contributed by atoms with Crippen LogP contribution in [0.2, 0.25) is 0 Å². The molecule has 90 valence electrons. The zero-order valence-corrected chi connectivity index (χ0v) is 11.4. The zero-order chi connectivity index (χ0) is 11.7. The van der Waals surface area contributed by atoms with Crippen LogP contribution in [0, 0.1) is 12.8 Å². The van der Waals surface area contributed by atoms with Gasteiger partial charge in [-0.3, -0.25) is 16.0 Å². The molecule has 1 saturated carbocycles. The van der Waals surface area contributed by atoms with Gasteiger partial charge in [-0.15, -0.1) is 0 Å².